The molecule has 1 unspecified atom stereocenters. The van der Waals surface area contributed by atoms with Gasteiger partial charge in [0.1, 0.15) is 5.69 Å². The summed E-state index contributed by atoms with van der Waals surface area (Å²) >= 11 is 6.05. The molecule has 0 spiro atoms. The van der Waals surface area contributed by atoms with Crippen LogP contribution in [0.1, 0.15) is 69.1 Å². The Bertz CT molecular complexity index is 1350. The Morgan fingerprint density at radius 2 is 1.89 bits per heavy atom. The Morgan fingerprint density at radius 1 is 1.21 bits per heavy atom. The predicted octanol–water partition coefficient (Wildman–Crippen LogP) is 4.92. The maximum Gasteiger partial charge on any atom is 0.295 e. The number of nitrogens with one attached hydrogen (secondary N) is 2. The number of nitrogens with zero attached hydrogens (tertiary/aromatic N) is 3. The highest BCUT2D eigenvalue weighted by molar-refractivity contribution is 6.30. The van der Waals surface area contributed by atoms with Crippen LogP contribution in [0.25, 0.3) is 5.69 Å². The molecule has 0 aliphatic heterocycles. The van der Waals surface area contributed by atoms with Crippen molar-refractivity contribution < 1.29 is 14.3 Å². The Hall–Kier alpha value is -3.43. The van der Waals surface area contributed by atoms with Crippen LogP contribution in [0, 0.1) is 5.41 Å². The number of ketones is 1. The predicted molar refractivity (Wildman–Crippen MR) is 149 cm³/mol. The minimum absolute atomic E-state index is 0.124. The molecule has 9 nitrogen and oxygen atoms in total. The lowest BCUT2D eigenvalue weighted by molar-refractivity contribution is -0.118. The van der Waals surface area contributed by atoms with Gasteiger partial charge in [-0.2, -0.15) is 0 Å². The highest BCUT2D eigenvalue weighted by Gasteiger charge is 2.28. The minimum atomic E-state index is -0.514. The van der Waals surface area contributed by atoms with Crippen molar-refractivity contribution >= 4 is 29.0 Å². The third-order valence-electron chi connectivity index (χ3n) is 6.49. The van der Waals surface area contributed by atoms with Crippen molar-refractivity contribution in [1.82, 2.24) is 19.7 Å². The third-order valence-corrected chi connectivity index (χ3v) is 6.69. The summed E-state index contributed by atoms with van der Waals surface area (Å²) in [6.07, 6.45) is 2.20. The summed E-state index contributed by atoms with van der Waals surface area (Å²) < 4.78 is 8.77. The summed E-state index contributed by atoms with van der Waals surface area (Å²) in [7, 11) is 3.59. The van der Waals surface area contributed by atoms with Crippen LogP contribution in [0.3, 0.4) is 0 Å². The van der Waals surface area contributed by atoms with Gasteiger partial charge >= 0.3 is 0 Å². The molecule has 2 aromatic heterocycles. The van der Waals surface area contributed by atoms with Crippen molar-refractivity contribution in [2.45, 2.75) is 53.0 Å². The van der Waals surface area contributed by atoms with Crippen LogP contribution in [-0.4, -0.2) is 39.7 Å². The smallest absolute Gasteiger partial charge is 0.295 e. The second kappa shape index (κ2) is 12.4. The zero-order valence-electron chi connectivity index (χ0n) is 22.8. The average Bonchev–Trinajstić information content (AvgIpc) is 3.12. The van der Waals surface area contributed by atoms with Crippen molar-refractivity contribution in [1.29, 1.82) is 0 Å². The number of Topliss-reactive ketones (excluding diaryl/α,β-unsaturated/α-hetero) is 1. The topological polar surface area (TPSA) is 107 Å². The lowest BCUT2D eigenvalue weighted by Gasteiger charge is -2.24. The molecule has 3 aromatic rings. The molecule has 0 saturated carbocycles. The maximum absolute atomic E-state index is 13.4. The molecule has 0 fully saturated rings. The molecular weight excluding hydrogens is 506 g/mol. The Kier molecular flexibility index (Phi) is 9.51. The summed E-state index contributed by atoms with van der Waals surface area (Å²) in [5.41, 5.74) is 1.11. The number of anilines is 1. The van der Waals surface area contributed by atoms with E-state index in [-0.39, 0.29) is 47.7 Å². The number of ether oxygens (including phenoxy) is 1. The van der Waals surface area contributed by atoms with Crippen LogP contribution in [0.4, 0.5) is 5.69 Å². The van der Waals surface area contributed by atoms with Gasteiger partial charge < -0.3 is 15.4 Å². The van der Waals surface area contributed by atoms with E-state index in [1.807, 2.05) is 58.0 Å². The van der Waals surface area contributed by atoms with Crippen molar-refractivity contribution in [3.8, 4) is 11.6 Å². The van der Waals surface area contributed by atoms with E-state index in [2.05, 4.69) is 15.6 Å². The molecule has 0 aliphatic carbocycles. The highest BCUT2D eigenvalue weighted by atomic mass is 35.5. The number of hydrogen-bond acceptors (Lipinski definition) is 6. The van der Waals surface area contributed by atoms with Crippen LogP contribution in [0.15, 0.2) is 47.4 Å². The van der Waals surface area contributed by atoms with E-state index in [1.165, 1.54) is 10.9 Å². The number of para-hydroxylation sites is 1. The fourth-order valence-corrected chi connectivity index (χ4v) is 4.56. The molecule has 2 N–H and O–H groups in total. The quantitative estimate of drug-likeness (QED) is 0.315. The number of amides is 1. The number of rotatable bonds is 12. The van der Waals surface area contributed by atoms with Gasteiger partial charge in [-0.15, -0.1) is 0 Å². The number of benzene rings is 1. The normalized spacial score (nSPS) is 12.3. The maximum atomic E-state index is 13.4. The van der Waals surface area contributed by atoms with Crippen molar-refractivity contribution in [3.05, 3.63) is 69.2 Å². The first-order valence-electron chi connectivity index (χ1n) is 12.6. The standard InChI is InChI=1S/C28H36ClN5O4/c1-7-38-26-21(15-19(29)17-31-26)22(35)13-14-28(3,4)16-23(36)32-24-25(18(2)30-5)33(6)34(27(24)37)20-11-9-8-10-12-20/h8-12,15,17-18,30H,7,13-14,16H2,1-6H3,(H,32,36). The zero-order chi connectivity index (χ0) is 28.0. The second-order valence-corrected chi connectivity index (χ2v) is 10.4. The van der Waals surface area contributed by atoms with Gasteiger partial charge in [-0.1, -0.05) is 43.6 Å². The first-order valence-corrected chi connectivity index (χ1v) is 13.0. The number of hydrogen-bond donors (Lipinski definition) is 2. The molecule has 0 saturated heterocycles. The molecule has 10 heteroatoms. The van der Waals surface area contributed by atoms with E-state index in [0.717, 1.165) is 0 Å². The van der Waals surface area contributed by atoms with Gasteiger partial charge in [-0.3, -0.25) is 19.1 Å². The molecule has 3 rings (SSSR count). The van der Waals surface area contributed by atoms with Crippen LogP contribution in [-0.2, 0) is 11.8 Å². The van der Waals surface area contributed by atoms with Gasteiger partial charge in [0, 0.05) is 32.1 Å². The molecule has 204 valence electrons. The molecule has 1 atom stereocenters. The van der Waals surface area contributed by atoms with E-state index >= 15 is 0 Å². The number of carbonyl (C=O) groups is 2. The number of halogens is 1. The van der Waals surface area contributed by atoms with Crippen LogP contribution in [0.2, 0.25) is 5.02 Å². The van der Waals surface area contributed by atoms with Crippen LogP contribution in [0.5, 0.6) is 5.88 Å². The summed E-state index contributed by atoms with van der Waals surface area (Å²) in [5.74, 6) is -0.201. The van der Waals surface area contributed by atoms with Gasteiger partial charge in [0.25, 0.3) is 5.56 Å². The molecular formula is C28H36ClN5O4. The Labute approximate surface area is 228 Å². The lowest BCUT2D eigenvalue weighted by Crippen LogP contribution is -2.27. The summed E-state index contributed by atoms with van der Waals surface area (Å²) in [4.78, 5) is 43.7. The molecule has 1 amide bonds. The highest BCUT2D eigenvalue weighted by Crippen LogP contribution is 2.30. The average molecular weight is 542 g/mol. The molecule has 1 aromatic carbocycles. The molecule has 2 heterocycles. The summed E-state index contributed by atoms with van der Waals surface area (Å²) in [5, 5.41) is 6.38. The van der Waals surface area contributed by atoms with Crippen molar-refractivity contribution in [2.75, 3.05) is 19.0 Å². The Morgan fingerprint density at radius 3 is 2.53 bits per heavy atom. The first kappa shape index (κ1) is 29.1. The van der Waals surface area contributed by atoms with Crippen molar-refractivity contribution in [2.24, 2.45) is 12.5 Å². The van der Waals surface area contributed by atoms with Gasteiger partial charge in [-0.05, 0) is 50.9 Å². The van der Waals surface area contributed by atoms with Crippen molar-refractivity contribution in [3.63, 3.8) is 0 Å². The molecule has 0 radical (unpaired) electrons. The number of carbonyl (C=O) groups excluding carboxylic acids is 2. The van der Waals surface area contributed by atoms with Gasteiger partial charge in [-0.25, -0.2) is 9.67 Å². The van der Waals surface area contributed by atoms with Gasteiger partial charge in [0.05, 0.1) is 28.6 Å². The van der Waals surface area contributed by atoms with Crippen LogP contribution >= 0.6 is 11.6 Å². The number of pyridine rings is 1. The fourth-order valence-electron chi connectivity index (χ4n) is 4.40. The van der Waals surface area contributed by atoms with Gasteiger partial charge in [0.15, 0.2) is 5.78 Å². The second-order valence-electron chi connectivity index (χ2n) is 10.00. The first-order chi connectivity index (χ1) is 18.0. The molecule has 0 aliphatic rings. The summed E-state index contributed by atoms with van der Waals surface area (Å²) in [6.45, 7) is 7.96. The van der Waals surface area contributed by atoms with E-state index < -0.39 is 5.41 Å². The largest absolute Gasteiger partial charge is 0.477 e. The molecule has 38 heavy (non-hydrogen) atoms. The third kappa shape index (κ3) is 6.71. The van der Waals surface area contributed by atoms with Crippen LogP contribution < -0.4 is 20.9 Å². The fraction of sp³-hybridized carbons (Fsp3) is 0.429. The zero-order valence-corrected chi connectivity index (χ0v) is 23.6. The monoisotopic (exact) mass is 541 g/mol. The minimum Gasteiger partial charge on any atom is -0.477 e. The SMILES string of the molecule is CCOc1ncc(Cl)cc1C(=O)CCC(C)(C)CC(=O)Nc1c(C(C)NC)n(C)n(-c2ccccc2)c1=O. The van der Waals surface area contributed by atoms with E-state index in [9.17, 15) is 14.4 Å². The summed E-state index contributed by atoms with van der Waals surface area (Å²) in [6, 6.07) is 10.6. The van der Waals surface area contributed by atoms with E-state index in [4.69, 9.17) is 16.3 Å². The molecule has 0 bridgehead atoms. The number of aromatic nitrogens is 3. The van der Waals surface area contributed by atoms with E-state index in [0.29, 0.717) is 35.0 Å². The Balaban J connectivity index is 1.77. The van der Waals surface area contributed by atoms with E-state index in [1.54, 1.807) is 24.8 Å². The van der Waals surface area contributed by atoms with Gasteiger partial charge in [0.2, 0.25) is 11.8 Å². The lowest BCUT2D eigenvalue weighted by atomic mass is 9.83.